The number of carbonyl (C=O) groups excluding carboxylic acids is 1. The molecular formula is C16H23N3O3. The Balaban J connectivity index is 1.93. The number of aliphatic hydroxyl groups excluding tert-OH is 1. The molecule has 0 radical (unpaired) electrons. The molecule has 0 bridgehead atoms. The van der Waals surface area contributed by atoms with Gasteiger partial charge in [-0.25, -0.2) is 9.78 Å². The first kappa shape index (κ1) is 16.3. The van der Waals surface area contributed by atoms with Crippen LogP contribution in [0.25, 0.3) is 11.1 Å². The summed E-state index contributed by atoms with van der Waals surface area (Å²) in [6, 6.07) is 5.05. The first-order valence-electron chi connectivity index (χ1n) is 7.35. The number of oxazole rings is 1. The first-order chi connectivity index (χ1) is 10.2. The third-order valence-corrected chi connectivity index (χ3v) is 3.33. The van der Waals surface area contributed by atoms with Crippen LogP contribution in [0.15, 0.2) is 22.6 Å². The van der Waals surface area contributed by atoms with Crippen molar-refractivity contribution in [3.63, 3.8) is 0 Å². The van der Waals surface area contributed by atoms with Crippen molar-refractivity contribution in [2.75, 3.05) is 11.9 Å². The van der Waals surface area contributed by atoms with E-state index >= 15 is 0 Å². The second-order valence-corrected chi connectivity index (χ2v) is 6.44. The fourth-order valence-electron chi connectivity index (χ4n) is 2.48. The third kappa shape index (κ3) is 4.46. The van der Waals surface area contributed by atoms with Crippen molar-refractivity contribution in [2.24, 2.45) is 5.41 Å². The molecule has 120 valence electrons. The summed E-state index contributed by atoms with van der Waals surface area (Å²) in [6.45, 7) is 8.01. The van der Waals surface area contributed by atoms with Gasteiger partial charge in [0, 0.05) is 25.2 Å². The Hall–Kier alpha value is -2.08. The van der Waals surface area contributed by atoms with Crippen LogP contribution >= 0.6 is 0 Å². The fourth-order valence-corrected chi connectivity index (χ4v) is 2.48. The molecule has 0 spiro atoms. The average Bonchev–Trinajstić information content (AvgIpc) is 2.74. The average molecular weight is 305 g/mol. The highest BCUT2D eigenvalue weighted by Gasteiger charge is 2.21. The second kappa shape index (κ2) is 6.36. The molecule has 0 saturated carbocycles. The zero-order valence-corrected chi connectivity index (χ0v) is 13.4. The lowest BCUT2D eigenvalue weighted by Crippen LogP contribution is -2.38. The molecule has 0 unspecified atom stereocenters. The number of carbonyl (C=O) groups is 1. The van der Waals surface area contributed by atoms with E-state index in [9.17, 15) is 9.90 Å². The van der Waals surface area contributed by atoms with Crippen LogP contribution in [0.1, 0.15) is 33.1 Å². The van der Waals surface area contributed by atoms with Crippen molar-refractivity contribution in [3.8, 4) is 0 Å². The van der Waals surface area contributed by atoms with Crippen molar-refractivity contribution in [2.45, 2.75) is 40.2 Å². The van der Waals surface area contributed by atoms with Crippen LogP contribution in [0.3, 0.4) is 0 Å². The monoisotopic (exact) mass is 305 g/mol. The summed E-state index contributed by atoms with van der Waals surface area (Å²) in [5.41, 5.74) is 1.89. The lowest BCUT2D eigenvalue weighted by molar-refractivity contribution is 0.129. The maximum atomic E-state index is 12.0. The molecule has 1 aromatic heterocycles. The molecule has 0 aliphatic rings. The molecule has 1 heterocycles. The van der Waals surface area contributed by atoms with E-state index < -0.39 is 6.10 Å². The minimum Gasteiger partial charge on any atom is -0.441 e. The number of anilines is 1. The van der Waals surface area contributed by atoms with Gasteiger partial charge < -0.3 is 20.2 Å². The molecule has 0 fully saturated rings. The molecule has 1 aromatic carbocycles. The van der Waals surface area contributed by atoms with E-state index in [-0.39, 0.29) is 11.4 Å². The van der Waals surface area contributed by atoms with Gasteiger partial charge in [0.05, 0.1) is 6.10 Å². The van der Waals surface area contributed by atoms with Crippen molar-refractivity contribution in [3.05, 3.63) is 24.1 Å². The van der Waals surface area contributed by atoms with Crippen molar-refractivity contribution < 1.29 is 14.3 Å². The summed E-state index contributed by atoms with van der Waals surface area (Å²) in [4.78, 5) is 16.2. The van der Waals surface area contributed by atoms with Gasteiger partial charge in [0.25, 0.3) is 0 Å². The predicted molar refractivity (Wildman–Crippen MR) is 85.8 cm³/mol. The van der Waals surface area contributed by atoms with Crippen LogP contribution in [-0.2, 0) is 0 Å². The molecule has 2 rings (SSSR count). The number of nitrogens with zero attached hydrogens (tertiary/aromatic N) is 1. The zero-order chi connectivity index (χ0) is 16.3. The minimum absolute atomic E-state index is 0.169. The Morgan fingerprint density at radius 1 is 1.45 bits per heavy atom. The minimum atomic E-state index is -0.392. The number of aliphatic hydroxyl groups is 1. The number of aryl methyl sites for hydroxylation is 1. The highest BCUT2D eigenvalue weighted by Crippen LogP contribution is 2.22. The van der Waals surface area contributed by atoms with Gasteiger partial charge in [-0.15, -0.1) is 0 Å². The smallest absolute Gasteiger partial charge is 0.319 e. The fraction of sp³-hybridized carbons (Fsp3) is 0.500. The maximum absolute atomic E-state index is 12.0. The Kier molecular flexibility index (Phi) is 4.71. The molecule has 2 aromatic rings. The highest BCUT2D eigenvalue weighted by molar-refractivity contribution is 5.91. The third-order valence-electron chi connectivity index (χ3n) is 3.33. The Morgan fingerprint density at radius 3 is 2.86 bits per heavy atom. The van der Waals surface area contributed by atoms with E-state index in [1.54, 1.807) is 32.0 Å². The van der Waals surface area contributed by atoms with E-state index in [0.29, 0.717) is 30.1 Å². The van der Waals surface area contributed by atoms with Gasteiger partial charge in [-0.05, 0) is 30.9 Å². The lowest BCUT2D eigenvalue weighted by Gasteiger charge is -2.26. The number of fused-ring (bicyclic) bond motifs is 1. The molecule has 0 aliphatic carbocycles. The van der Waals surface area contributed by atoms with Crippen LogP contribution in [0.2, 0.25) is 0 Å². The molecule has 0 aliphatic heterocycles. The predicted octanol–water partition coefficient (Wildman–Crippen LogP) is 3.05. The molecular weight excluding hydrogens is 282 g/mol. The Labute approximate surface area is 129 Å². The molecule has 6 nitrogen and oxygen atoms in total. The van der Waals surface area contributed by atoms with Crippen LogP contribution in [-0.4, -0.2) is 28.8 Å². The van der Waals surface area contributed by atoms with E-state index in [0.717, 1.165) is 5.52 Å². The van der Waals surface area contributed by atoms with Crippen LogP contribution in [0, 0.1) is 12.3 Å². The summed E-state index contributed by atoms with van der Waals surface area (Å²) in [6.07, 6.45) is 0.230. The van der Waals surface area contributed by atoms with Crippen LogP contribution in [0.5, 0.6) is 0 Å². The van der Waals surface area contributed by atoms with E-state index in [2.05, 4.69) is 15.6 Å². The summed E-state index contributed by atoms with van der Waals surface area (Å²) < 4.78 is 5.44. The second-order valence-electron chi connectivity index (χ2n) is 6.44. The van der Waals surface area contributed by atoms with Crippen molar-refractivity contribution >= 4 is 22.8 Å². The number of hydrogen-bond donors (Lipinski definition) is 3. The quantitative estimate of drug-likeness (QED) is 0.792. The zero-order valence-electron chi connectivity index (χ0n) is 13.4. The SMILES string of the molecule is Cc1nc2ccc(NC(=O)NCC(C)(C)C[C@@H](C)O)cc2o1. The molecule has 0 saturated heterocycles. The highest BCUT2D eigenvalue weighted by atomic mass is 16.3. The summed E-state index contributed by atoms with van der Waals surface area (Å²) >= 11 is 0. The number of nitrogens with one attached hydrogen (secondary N) is 2. The van der Waals surface area contributed by atoms with Crippen molar-refractivity contribution in [1.82, 2.24) is 10.3 Å². The maximum Gasteiger partial charge on any atom is 0.319 e. The number of amides is 2. The van der Waals surface area contributed by atoms with Gasteiger partial charge in [-0.1, -0.05) is 13.8 Å². The standard InChI is InChI=1S/C16H23N3O3/c1-10(20)8-16(3,4)9-17-15(21)19-12-5-6-13-14(7-12)22-11(2)18-13/h5-7,10,20H,8-9H2,1-4H3,(H2,17,19,21)/t10-/m1/s1. The van der Waals surface area contributed by atoms with Gasteiger partial charge in [0.15, 0.2) is 11.5 Å². The molecule has 22 heavy (non-hydrogen) atoms. The van der Waals surface area contributed by atoms with Gasteiger partial charge in [0.2, 0.25) is 0 Å². The van der Waals surface area contributed by atoms with Gasteiger partial charge in [-0.2, -0.15) is 0 Å². The van der Waals surface area contributed by atoms with Crippen LogP contribution < -0.4 is 10.6 Å². The van der Waals surface area contributed by atoms with E-state index in [1.807, 2.05) is 13.8 Å². The molecule has 6 heteroatoms. The number of rotatable bonds is 5. The Morgan fingerprint density at radius 2 is 2.18 bits per heavy atom. The summed E-state index contributed by atoms with van der Waals surface area (Å²) in [5.74, 6) is 0.594. The van der Waals surface area contributed by atoms with E-state index in [4.69, 9.17) is 4.42 Å². The number of aromatic nitrogens is 1. The van der Waals surface area contributed by atoms with Gasteiger partial charge in [-0.3, -0.25) is 0 Å². The molecule has 2 amide bonds. The van der Waals surface area contributed by atoms with Gasteiger partial charge >= 0.3 is 6.03 Å². The van der Waals surface area contributed by atoms with Gasteiger partial charge in [0.1, 0.15) is 5.52 Å². The topological polar surface area (TPSA) is 87.4 Å². The number of urea groups is 1. The lowest BCUT2D eigenvalue weighted by atomic mass is 9.87. The number of benzene rings is 1. The van der Waals surface area contributed by atoms with Crippen molar-refractivity contribution in [1.29, 1.82) is 0 Å². The van der Waals surface area contributed by atoms with E-state index in [1.165, 1.54) is 0 Å². The largest absolute Gasteiger partial charge is 0.441 e. The normalized spacial score (nSPS) is 13.1. The summed E-state index contributed by atoms with van der Waals surface area (Å²) in [7, 11) is 0. The van der Waals surface area contributed by atoms with Crippen LogP contribution in [0.4, 0.5) is 10.5 Å². The molecule has 1 atom stereocenters. The Bertz CT molecular complexity index is 662. The molecule has 3 N–H and O–H groups in total. The first-order valence-corrected chi connectivity index (χ1v) is 7.35. The summed E-state index contributed by atoms with van der Waals surface area (Å²) in [5, 5.41) is 15.0. The number of hydrogen-bond acceptors (Lipinski definition) is 4.